The molecule has 0 bridgehead atoms. The minimum atomic E-state index is -0.752. The molecule has 0 amide bonds. The lowest BCUT2D eigenvalue weighted by Gasteiger charge is -2.26. The third-order valence-electron chi connectivity index (χ3n) is 3.77. The van der Waals surface area contributed by atoms with Crippen LogP contribution in [-0.4, -0.2) is 30.7 Å². The molecule has 2 aliphatic rings. The molecule has 1 heterocycles. The summed E-state index contributed by atoms with van der Waals surface area (Å²) in [6.45, 7) is 2.35. The first-order chi connectivity index (χ1) is 8.78. The van der Waals surface area contributed by atoms with Gasteiger partial charge in [-0.2, -0.15) is 0 Å². The Balaban J connectivity index is 0.00000133. The van der Waals surface area contributed by atoms with Crippen LogP contribution in [0.2, 0.25) is 0 Å². The maximum atomic E-state index is 10.7. The van der Waals surface area contributed by atoms with Crippen molar-refractivity contribution >= 4 is 29.9 Å². The summed E-state index contributed by atoms with van der Waals surface area (Å²) >= 11 is 0. The quantitative estimate of drug-likeness (QED) is 0.687. The normalized spacial score (nSPS) is 24.8. The summed E-state index contributed by atoms with van der Waals surface area (Å²) in [5.41, 5.74) is 1.58. The molecule has 19 heavy (non-hydrogen) atoms. The Bertz CT molecular complexity index is 478. The van der Waals surface area contributed by atoms with Gasteiger partial charge in [-0.1, -0.05) is 24.3 Å². The van der Waals surface area contributed by atoms with Crippen molar-refractivity contribution < 1.29 is 5.11 Å². The van der Waals surface area contributed by atoms with Gasteiger partial charge in [0.25, 0.3) is 0 Å². The second-order valence-corrected chi connectivity index (χ2v) is 5.05. The van der Waals surface area contributed by atoms with Crippen molar-refractivity contribution in [2.75, 3.05) is 19.6 Å². The van der Waals surface area contributed by atoms with Gasteiger partial charge >= 0.3 is 0 Å². The molecular weight excluding hydrogens is 353 g/mol. The van der Waals surface area contributed by atoms with E-state index in [0.29, 0.717) is 6.54 Å². The average molecular weight is 373 g/mol. The molecule has 1 aromatic carbocycles. The van der Waals surface area contributed by atoms with Crippen molar-refractivity contribution in [3.8, 4) is 0 Å². The molecule has 1 unspecified atom stereocenters. The zero-order valence-corrected chi connectivity index (χ0v) is 13.2. The van der Waals surface area contributed by atoms with E-state index in [1.54, 1.807) is 0 Å². The van der Waals surface area contributed by atoms with E-state index < -0.39 is 5.60 Å². The van der Waals surface area contributed by atoms with E-state index in [4.69, 9.17) is 0 Å². The number of nitrogens with zero attached hydrogens (tertiary/aromatic N) is 1. The molecule has 3 N–H and O–H groups in total. The summed E-state index contributed by atoms with van der Waals surface area (Å²) < 4.78 is 0. The first-order valence-corrected chi connectivity index (χ1v) is 6.61. The number of fused-ring (bicyclic) bond motifs is 1. The summed E-state index contributed by atoms with van der Waals surface area (Å²) in [6.07, 6.45) is 2.82. The highest BCUT2D eigenvalue weighted by Gasteiger charge is 2.36. The van der Waals surface area contributed by atoms with Crippen LogP contribution in [-0.2, 0) is 12.0 Å². The van der Waals surface area contributed by atoms with Crippen LogP contribution in [0, 0.1) is 0 Å². The zero-order valence-electron chi connectivity index (χ0n) is 10.9. The molecule has 0 saturated heterocycles. The minimum absolute atomic E-state index is 0. The van der Waals surface area contributed by atoms with Gasteiger partial charge in [0.2, 0.25) is 0 Å². The van der Waals surface area contributed by atoms with Crippen molar-refractivity contribution in [1.29, 1.82) is 0 Å². The maximum absolute atomic E-state index is 10.7. The van der Waals surface area contributed by atoms with Crippen molar-refractivity contribution in [2.24, 2.45) is 4.99 Å². The van der Waals surface area contributed by atoms with E-state index in [9.17, 15) is 5.11 Å². The predicted molar refractivity (Wildman–Crippen MR) is 87.0 cm³/mol. The van der Waals surface area contributed by atoms with Gasteiger partial charge in [0.1, 0.15) is 5.60 Å². The molecule has 5 heteroatoms. The van der Waals surface area contributed by atoms with Crippen molar-refractivity contribution in [3.05, 3.63) is 35.4 Å². The van der Waals surface area contributed by atoms with E-state index in [-0.39, 0.29) is 24.0 Å². The number of nitrogens with one attached hydrogen (secondary N) is 2. The molecule has 1 atom stereocenters. The Hall–Kier alpha value is -0.820. The SMILES string of the molecule is I.OC1(CNC2=NCCCN2)CCc2ccccc21. The number of aliphatic imine (C=N–C) groups is 1. The number of hydrogen-bond donors (Lipinski definition) is 3. The average Bonchev–Trinajstić information content (AvgIpc) is 2.77. The van der Waals surface area contributed by atoms with Gasteiger partial charge in [-0.05, 0) is 30.4 Å². The molecule has 0 aromatic heterocycles. The van der Waals surface area contributed by atoms with Crippen LogP contribution in [0.15, 0.2) is 29.3 Å². The Morgan fingerprint density at radius 1 is 1.37 bits per heavy atom. The Morgan fingerprint density at radius 3 is 3.00 bits per heavy atom. The fourth-order valence-corrected chi connectivity index (χ4v) is 2.73. The van der Waals surface area contributed by atoms with Gasteiger partial charge in [0.15, 0.2) is 5.96 Å². The fourth-order valence-electron chi connectivity index (χ4n) is 2.73. The molecule has 0 spiro atoms. The van der Waals surface area contributed by atoms with Gasteiger partial charge in [-0.3, -0.25) is 4.99 Å². The predicted octanol–water partition coefficient (Wildman–Crippen LogP) is 1.38. The molecule has 0 radical (unpaired) electrons. The van der Waals surface area contributed by atoms with Crippen LogP contribution >= 0.6 is 24.0 Å². The van der Waals surface area contributed by atoms with Crippen molar-refractivity contribution in [3.63, 3.8) is 0 Å². The lowest BCUT2D eigenvalue weighted by molar-refractivity contribution is 0.0431. The second kappa shape index (κ2) is 6.09. The van der Waals surface area contributed by atoms with Gasteiger partial charge in [-0.15, -0.1) is 24.0 Å². The molecular formula is C14H20IN3O. The number of benzene rings is 1. The minimum Gasteiger partial charge on any atom is -0.383 e. The molecule has 0 fully saturated rings. The lowest BCUT2D eigenvalue weighted by Crippen LogP contribution is -2.46. The summed E-state index contributed by atoms with van der Waals surface area (Å²) in [5.74, 6) is 0.819. The second-order valence-electron chi connectivity index (χ2n) is 5.05. The molecule has 1 aromatic rings. The Labute approximate surface area is 130 Å². The van der Waals surface area contributed by atoms with Gasteiger partial charge < -0.3 is 15.7 Å². The molecule has 1 aliphatic heterocycles. The fraction of sp³-hybridized carbons (Fsp3) is 0.500. The zero-order chi connectivity index (χ0) is 12.4. The summed E-state index contributed by atoms with van der Waals surface area (Å²) in [5, 5.41) is 17.2. The molecule has 3 rings (SSSR count). The van der Waals surface area contributed by atoms with Gasteiger partial charge in [-0.25, -0.2) is 0 Å². The Kier molecular flexibility index (Phi) is 4.67. The van der Waals surface area contributed by atoms with Crippen LogP contribution in [0.4, 0.5) is 0 Å². The molecule has 1 aliphatic carbocycles. The highest BCUT2D eigenvalue weighted by atomic mass is 127. The summed E-state index contributed by atoms with van der Waals surface area (Å²) in [7, 11) is 0. The van der Waals surface area contributed by atoms with Crippen LogP contribution in [0.3, 0.4) is 0 Å². The van der Waals surface area contributed by atoms with Crippen LogP contribution in [0.5, 0.6) is 0 Å². The van der Waals surface area contributed by atoms with Crippen molar-refractivity contribution in [2.45, 2.75) is 24.9 Å². The van der Waals surface area contributed by atoms with Crippen molar-refractivity contribution in [1.82, 2.24) is 10.6 Å². The smallest absolute Gasteiger partial charge is 0.191 e. The highest BCUT2D eigenvalue weighted by molar-refractivity contribution is 14.0. The first kappa shape index (κ1) is 14.6. The number of hydrogen-bond acceptors (Lipinski definition) is 4. The third-order valence-corrected chi connectivity index (χ3v) is 3.77. The lowest BCUT2D eigenvalue weighted by atomic mass is 9.96. The van der Waals surface area contributed by atoms with Crippen LogP contribution in [0.1, 0.15) is 24.0 Å². The maximum Gasteiger partial charge on any atom is 0.191 e. The van der Waals surface area contributed by atoms with E-state index in [1.807, 2.05) is 18.2 Å². The molecule has 0 saturated carbocycles. The van der Waals surface area contributed by atoms with Gasteiger partial charge in [0.05, 0.1) is 6.54 Å². The van der Waals surface area contributed by atoms with E-state index in [0.717, 1.165) is 43.9 Å². The Morgan fingerprint density at radius 2 is 2.21 bits per heavy atom. The number of aliphatic hydroxyl groups is 1. The standard InChI is InChI=1S/C14H19N3O.HI/c18-14(10-17-13-15-8-3-9-16-13)7-6-11-4-1-2-5-12(11)14;/h1-2,4-5,18H,3,6-10H2,(H2,15,16,17);1H. The summed E-state index contributed by atoms with van der Waals surface area (Å²) in [4.78, 5) is 4.36. The van der Waals surface area contributed by atoms with E-state index >= 15 is 0 Å². The van der Waals surface area contributed by atoms with Crippen LogP contribution < -0.4 is 10.6 Å². The number of aryl methyl sites for hydroxylation is 1. The third kappa shape index (κ3) is 3.02. The number of guanidine groups is 1. The van der Waals surface area contributed by atoms with E-state index in [1.165, 1.54) is 5.56 Å². The monoisotopic (exact) mass is 373 g/mol. The summed E-state index contributed by atoms with van der Waals surface area (Å²) in [6, 6.07) is 8.15. The van der Waals surface area contributed by atoms with Crippen LogP contribution in [0.25, 0.3) is 0 Å². The number of rotatable bonds is 2. The molecule has 4 nitrogen and oxygen atoms in total. The first-order valence-electron chi connectivity index (χ1n) is 6.61. The van der Waals surface area contributed by atoms with E-state index in [2.05, 4.69) is 21.7 Å². The highest BCUT2D eigenvalue weighted by Crippen LogP contribution is 2.36. The number of halogens is 1. The van der Waals surface area contributed by atoms with Gasteiger partial charge in [0, 0.05) is 13.1 Å². The molecule has 104 valence electrons. The largest absolute Gasteiger partial charge is 0.383 e. The topological polar surface area (TPSA) is 56.6 Å².